The molecule has 2 N–H and O–H groups in total. The van der Waals surface area contributed by atoms with Gasteiger partial charge < -0.3 is 10.5 Å². The van der Waals surface area contributed by atoms with Gasteiger partial charge in [-0.1, -0.05) is 0 Å². The molecule has 1 atom stereocenters. The summed E-state index contributed by atoms with van der Waals surface area (Å²) in [6.07, 6.45) is 4.60. The standard InChI is InChI=1S/C7H11N3O2S/c1-13(11)3-2-12-6-4-9-7(8)10-5-6/h4-5H,2-3H2,1H3,(H2,8,9,10). The van der Waals surface area contributed by atoms with Crippen LogP contribution in [0.4, 0.5) is 5.95 Å². The number of aromatic nitrogens is 2. The monoisotopic (exact) mass is 201 g/mol. The molecule has 6 heteroatoms. The van der Waals surface area contributed by atoms with Crippen molar-refractivity contribution in [2.45, 2.75) is 0 Å². The minimum atomic E-state index is -0.834. The molecule has 1 unspecified atom stereocenters. The Morgan fingerprint density at radius 3 is 2.69 bits per heavy atom. The van der Waals surface area contributed by atoms with E-state index in [1.165, 1.54) is 12.4 Å². The van der Waals surface area contributed by atoms with Crippen molar-refractivity contribution in [1.29, 1.82) is 0 Å². The normalized spacial score (nSPS) is 12.4. The number of nitrogens with zero attached hydrogens (tertiary/aromatic N) is 2. The topological polar surface area (TPSA) is 78.1 Å². The molecule has 1 aromatic heterocycles. The Morgan fingerprint density at radius 1 is 1.54 bits per heavy atom. The number of ether oxygens (including phenoxy) is 1. The average molecular weight is 201 g/mol. The van der Waals surface area contributed by atoms with E-state index in [0.29, 0.717) is 18.1 Å². The van der Waals surface area contributed by atoms with Crippen molar-refractivity contribution in [2.24, 2.45) is 0 Å². The van der Waals surface area contributed by atoms with E-state index in [9.17, 15) is 4.21 Å². The Labute approximate surface area is 78.8 Å². The molecule has 0 spiro atoms. The van der Waals surface area contributed by atoms with E-state index in [2.05, 4.69) is 9.97 Å². The van der Waals surface area contributed by atoms with E-state index in [1.54, 1.807) is 6.26 Å². The molecule has 5 nitrogen and oxygen atoms in total. The Morgan fingerprint density at radius 2 is 2.15 bits per heavy atom. The number of hydrogen-bond donors (Lipinski definition) is 1. The Hall–Kier alpha value is -1.17. The third-order valence-corrected chi connectivity index (χ3v) is 2.03. The highest BCUT2D eigenvalue weighted by Gasteiger charge is 1.96. The summed E-state index contributed by atoms with van der Waals surface area (Å²) in [6.45, 7) is 0.399. The van der Waals surface area contributed by atoms with Gasteiger partial charge in [0.05, 0.1) is 24.8 Å². The Bertz CT molecular complexity index is 288. The average Bonchev–Trinajstić information content (AvgIpc) is 2.08. The Balaban J connectivity index is 2.37. The molecule has 1 aromatic rings. The lowest BCUT2D eigenvalue weighted by Gasteiger charge is -2.03. The van der Waals surface area contributed by atoms with Crippen LogP contribution in [0.15, 0.2) is 12.4 Å². The van der Waals surface area contributed by atoms with Gasteiger partial charge in [-0.25, -0.2) is 9.97 Å². The summed E-state index contributed by atoms with van der Waals surface area (Å²) in [7, 11) is -0.834. The molecule has 0 radical (unpaired) electrons. The molecule has 0 saturated carbocycles. The first-order valence-corrected chi connectivity index (χ1v) is 5.41. The first-order chi connectivity index (χ1) is 6.18. The third kappa shape index (κ3) is 3.84. The molecule has 0 saturated heterocycles. The van der Waals surface area contributed by atoms with Gasteiger partial charge in [0.1, 0.15) is 0 Å². The van der Waals surface area contributed by atoms with E-state index in [0.717, 1.165) is 0 Å². The largest absolute Gasteiger partial charge is 0.489 e. The van der Waals surface area contributed by atoms with Gasteiger partial charge in [-0.05, 0) is 0 Å². The maximum Gasteiger partial charge on any atom is 0.220 e. The van der Waals surface area contributed by atoms with Gasteiger partial charge in [0.2, 0.25) is 5.95 Å². The summed E-state index contributed by atoms with van der Waals surface area (Å²) >= 11 is 0. The van der Waals surface area contributed by atoms with Gasteiger partial charge >= 0.3 is 0 Å². The third-order valence-electron chi connectivity index (χ3n) is 1.29. The fourth-order valence-corrected chi connectivity index (χ4v) is 0.996. The van der Waals surface area contributed by atoms with Crippen LogP contribution < -0.4 is 10.5 Å². The van der Waals surface area contributed by atoms with Crippen molar-refractivity contribution in [3.8, 4) is 5.75 Å². The van der Waals surface area contributed by atoms with Crippen LogP contribution >= 0.6 is 0 Å². The van der Waals surface area contributed by atoms with E-state index < -0.39 is 10.8 Å². The molecular weight excluding hydrogens is 190 g/mol. The highest BCUT2D eigenvalue weighted by molar-refractivity contribution is 7.84. The van der Waals surface area contributed by atoms with Gasteiger partial charge in [-0.2, -0.15) is 0 Å². The summed E-state index contributed by atoms with van der Waals surface area (Å²) in [5, 5.41) is 0. The van der Waals surface area contributed by atoms with Gasteiger partial charge in [-0.15, -0.1) is 0 Å². The van der Waals surface area contributed by atoms with Crippen molar-refractivity contribution in [2.75, 3.05) is 24.3 Å². The molecule has 0 aromatic carbocycles. The number of hydrogen-bond acceptors (Lipinski definition) is 5. The molecule has 0 aliphatic heterocycles. The highest BCUT2D eigenvalue weighted by Crippen LogP contribution is 2.05. The van der Waals surface area contributed by atoms with Crippen LogP contribution in [0.1, 0.15) is 0 Å². The lowest BCUT2D eigenvalue weighted by Crippen LogP contribution is -2.07. The second-order valence-corrected chi connectivity index (χ2v) is 3.96. The molecule has 13 heavy (non-hydrogen) atoms. The molecule has 0 bridgehead atoms. The lowest BCUT2D eigenvalue weighted by atomic mass is 10.6. The van der Waals surface area contributed by atoms with E-state index in [1.807, 2.05) is 0 Å². The summed E-state index contributed by atoms with van der Waals surface area (Å²) < 4.78 is 15.9. The number of nitrogen functional groups attached to an aromatic ring is 1. The predicted molar refractivity (Wildman–Crippen MR) is 50.9 cm³/mol. The second kappa shape index (κ2) is 4.76. The number of rotatable bonds is 4. The van der Waals surface area contributed by atoms with Crippen molar-refractivity contribution < 1.29 is 8.95 Å². The molecule has 0 fully saturated rings. The first-order valence-electron chi connectivity index (χ1n) is 3.69. The number of anilines is 1. The van der Waals surface area contributed by atoms with E-state index in [4.69, 9.17) is 10.5 Å². The van der Waals surface area contributed by atoms with Crippen molar-refractivity contribution in [3.05, 3.63) is 12.4 Å². The first kappa shape index (κ1) is 9.91. The van der Waals surface area contributed by atoms with E-state index in [-0.39, 0.29) is 5.95 Å². The fraction of sp³-hybridized carbons (Fsp3) is 0.429. The van der Waals surface area contributed by atoms with E-state index >= 15 is 0 Å². The van der Waals surface area contributed by atoms with Crippen molar-refractivity contribution >= 4 is 16.7 Å². The fourth-order valence-electron chi connectivity index (χ4n) is 0.678. The van der Waals surface area contributed by atoms with Crippen LogP contribution in [0.3, 0.4) is 0 Å². The zero-order chi connectivity index (χ0) is 9.68. The zero-order valence-corrected chi connectivity index (χ0v) is 8.08. The maximum atomic E-state index is 10.7. The quantitative estimate of drug-likeness (QED) is 0.731. The summed E-state index contributed by atoms with van der Waals surface area (Å²) in [6, 6.07) is 0. The van der Waals surface area contributed by atoms with Crippen LogP contribution in [-0.2, 0) is 10.8 Å². The maximum absolute atomic E-state index is 10.7. The summed E-state index contributed by atoms with van der Waals surface area (Å²) in [4.78, 5) is 7.49. The molecule has 0 aliphatic carbocycles. The van der Waals surface area contributed by atoms with Crippen LogP contribution in [0.25, 0.3) is 0 Å². The summed E-state index contributed by atoms with van der Waals surface area (Å²) in [5.74, 6) is 1.26. The lowest BCUT2D eigenvalue weighted by molar-refractivity contribution is 0.340. The van der Waals surface area contributed by atoms with Crippen LogP contribution in [-0.4, -0.2) is 32.8 Å². The molecule has 1 heterocycles. The minimum Gasteiger partial charge on any atom is -0.489 e. The predicted octanol–water partition coefficient (Wildman–Crippen LogP) is -0.184. The van der Waals surface area contributed by atoms with Crippen LogP contribution in [0.2, 0.25) is 0 Å². The zero-order valence-electron chi connectivity index (χ0n) is 7.27. The van der Waals surface area contributed by atoms with Crippen molar-refractivity contribution in [3.63, 3.8) is 0 Å². The SMILES string of the molecule is CS(=O)CCOc1cnc(N)nc1. The number of nitrogens with two attached hydrogens (primary N) is 1. The molecular formula is C7H11N3O2S. The second-order valence-electron chi connectivity index (χ2n) is 2.40. The van der Waals surface area contributed by atoms with Gasteiger partial charge in [0.25, 0.3) is 0 Å². The Kier molecular flexibility index (Phi) is 3.63. The smallest absolute Gasteiger partial charge is 0.220 e. The minimum absolute atomic E-state index is 0.214. The van der Waals surface area contributed by atoms with Gasteiger partial charge in [0.15, 0.2) is 5.75 Å². The highest BCUT2D eigenvalue weighted by atomic mass is 32.2. The molecule has 1 rings (SSSR count). The molecule has 72 valence electrons. The van der Waals surface area contributed by atoms with Crippen LogP contribution in [0.5, 0.6) is 5.75 Å². The van der Waals surface area contributed by atoms with Gasteiger partial charge in [-0.3, -0.25) is 4.21 Å². The molecule has 0 amide bonds. The van der Waals surface area contributed by atoms with Crippen LogP contribution in [0, 0.1) is 0 Å². The molecule has 0 aliphatic rings. The van der Waals surface area contributed by atoms with Crippen molar-refractivity contribution in [1.82, 2.24) is 9.97 Å². The summed E-state index contributed by atoms with van der Waals surface area (Å²) in [5.41, 5.74) is 5.28. The van der Waals surface area contributed by atoms with Gasteiger partial charge in [0, 0.05) is 17.1 Å².